The van der Waals surface area contributed by atoms with E-state index in [1.165, 1.54) is 0 Å². The minimum absolute atomic E-state index is 0.0765. The second kappa shape index (κ2) is 7.25. The summed E-state index contributed by atoms with van der Waals surface area (Å²) in [5, 5.41) is 8.90. The molecule has 2 aromatic carbocycles. The van der Waals surface area contributed by atoms with Crippen LogP contribution >= 0.6 is 0 Å². The molecule has 0 aromatic heterocycles. The molecular weight excluding hydrogens is 316 g/mol. The van der Waals surface area contributed by atoms with Gasteiger partial charge in [0.05, 0.1) is 6.04 Å². The Balaban J connectivity index is 1.71. The van der Waals surface area contributed by atoms with Crippen molar-refractivity contribution in [2.24, 2.45) is 5.73 Å². The van der Waals surface area contributed by atoms with Crippen molar-refractivity contribution in [2.45, 2.75) is 25.8 Å². The zero-order valence-corrected chi connectivity index (χ0v) is 14.1. The molecule has 0 bridgehead atoms. The monoisotopic (exact) mass is 338 g/mol. The van der Waals surface area contributed by atoms with Crippen LogP contribution in [0.25, 0.3) is 0 Å². The molecule has 1 aliphatic rings. The number of rotatable bonds is 4. The van der Waals surface area contributed by atoms with Gasteiger partial charge in [0.2, 0.25) is 0 Å². The average molecular weight is 338 g/mol. The van der Waals surface area contributed by atoms with Gasteiger partial charge in [-0.1, -0.05) is 18.2 Å². The SMILES string of the molecule is CC(NC(=O)c1cccc2c1CCCN2)c1ccc(NC(N)=O)cc1. The summed E-state index contributed by atoms with van der Waals surface area (Å²) in [7, 11) is 0. The van der Waals surface area contributed by atoms with Crippen molar-refractivity contribution in [1.29, 1.82) is 0 Å². The highest BCUT2D eigenvalue weighted by atomic mass is 16.2. The number of hydrogen-bond donors (Lipinski definition) is 4. The summed E-state index contributed by atoms with van der Waals surface area (Å²) < 4.78 is 0. The van der Waals surface area contributed by atoms with Crippen molar-refractivity contribution in [1.82, 2.24) is 5.32 Å². The number of hydrogen-bond acceptors (Lipinski definition) is 3. The van der Waals surface area contributed by atoms with Crippen LogP contribution in [0.1, 0.15) is 40.9 Å². The summed E-state index contributed by atoms with van der Waals surface area (Å²) >= 11 is 0. The molecule has 6 heteroatoms. The maximum Gasteiger partial charge on any atom is 0.316 e. The number of amides is 3. The van der Waals surface area contributed by atoms with Crippen molar-refractivity contribution in [3.63, 3.8) is 0 Å². The molecule has 3 rings (SSSR count). The molecule has 0 fully saturated rings. The van der Waals surface area contributed by atoms with Gasteiger partial charge in [-0.15, -0.1) is 0 Å². The Labute approximate surface area is 146 Å². The molecule has 1 aliphatic heterocycles. The molecule has 2 aromatic rings. The number of nitrogens with one attached hydrogen (secondary N) is 3. The van der Waals surface area contributed by atoms with Gasteiger partial charge in [-0.05, 0) is 55.2 Å². The molecule has 0 radical (unpaired) electrons. The van der Waals surface area contributed by atoms with Crippen LogP contribution in [0.2, 0.25) is 0 Å². The summed E-state index contributed by atoms with van der Waals surface area (Å²) in [5.74, 6) is -0.0765. The van der Waals surface area contributed by atoms with Crippen LogP contribution in [0.4, 0.5) is 16.2 Å². The molecule has 0 aliphatic carbocycles. The van der Waals surface area contributed by atoms with Gasteiger partial charge in [-0.3, -0.25) is 4.79 Å². The number of nitrogens with two attached hydrogens (primary N) is 1. The number of carbonyl (C=O) groups excluding carboxylic acids is 2. The number of anilines is 2. The summed E-state index contributed by atoms with van der Waals surface area (Å²) in [4.78, 5) is 23.6. The lowest BCUT2D eigenvalue weighted by atomic mass is 9.96. The standard InChI is InChI=1S/C19H22N4O2/c1-12(13-7-9-14(10-8-13)23-19(20)25)22-18(24)16-4-2-6-17-15(16)5-3-11-21-17/h2,4,6-10,12,21H,3,5,11H2,1H3,(H,22,24)(H3,20,23,25). The number of fused-ring (bicyclic) bond motifs is 1. The van der Waals surface area contributed by atoms with Crippen LogP contribution in [0.15, 0.2) is 42.5 Å². The zero-order valence-electron chi connectivity index (χ0n) is 14.1. The van der Waals surface area contributed by atoms with E-state index in [0.29, 0.717) is 5.69 Å². The Morgan fingerprint density at radius 2 is 1.92 bits per heavy atom. The van der Waals surface area contributed by atoms with E-state index in [-0.39, 0.29) is 11.9 Å². The van der Waals surface area contributed by atoms with E-state index in [1.54, 1.807) is 12.1 Å². The van der Waals surface area contributed by atoms with Crippen LogP contribution in [0.3, 0.4) is 0 Å². The van der Waals surface area contributed by atoms with Crippen LogP contribution < -0.4 is 21.7 Å². The fraction of sp³-hybridized carbons (Fsp3) is 0.263. The Kier molecular flexibility index (Phi) is 4.88. The van der Waals surface area contributed by atoms with Crippen LogP contribution in [-0.2, 0) is 6.42 Å². The molecule has 3 amide bonds. The lowest BCUT2D eigenvalue weighted by Crippen LogP contribution is -2.28. The molecule has 130 valence electrons. The molecule has 25 heavy (non-hydrogen) atoms. The highest BCUT2D eigenvalue weighted by Gasteiger charge is 2.19. The van der Waals surface area contributed by atoms with Crippen LogP contribution in [0, 0.1) is 0 Å². The number of carbonyl (C=O) groups is 2. The van der Waals surface area contributed by atoms with Gasteiger partial charge in [-0.2, -0.15) is 0 Å². The predicted octanol–water partition coefficient (Wildman–Crippen LogP) is 3.03. The summed E-state index contributed by atoms with van der Waals surface area (Å²) in [6.45, 7) is 2.88. The number of primary amides is 1. The van der Waals surface area contributed by atoms with Gasteiger partial charge in [-0.25, -0.2) is 4.79 Å². The van der Waals surface area contributed by atoms with Gasteiger partial charge in [0.1, 0.15) is 0 Å². The van der Waals surface area contributed by atoms with Gasteiger partial charge in [0.15, 0.2) is 0 Å². The first-order valence-corrected chi connectivity index (χ1v) is 8.37. The third-order valence-corrected chi connectivity index (χ3v) is 4.37. The van der Waals surface area contributed by atoms with Crippen LogP contribution in [-0.4, -0.2) is 18.5 Å². The highest BCUT2D eigenvalue weighted by Crippen LogP contribution is 2.26. The van der Waals surface area contributed by atoms with E-state index >= 15 is 0 Å². The molecule has 6 nitrogen and oxygen atoms in total. The van der Waals surface area contributed by atoms with Gasteiger partial charge >= 0.3 is 6.03 Å². The normalized spacial score (nSPS) is 14.0. The largest absolute Gasteiger partial charge is 0.385 e. The molecule has 0 saturated carbocycles. The second-order valence-corrected chi connectivity index (χ2v) is 6.17. The summed E-state index contributed by atoms with van der Waals surface area (Å²) in [5.41, 5.74) is 9.53. The van der Waals surface area contributed by atoms with Gasteiger partial charge in [0, 0.05) is 23.5 Å². The first-order valence-electron chi connectivity index (χ1n) is 8.37. The molecule has 1 heterocycles. The Morgan fingerprint density at radius 3 is 2.64 bits per heavy atom. The van der Waals surface area contributed by atoms with Gasteiger partial charge < -0.3 is 21.7 Å². The molecule has 5 N–H and O–H groups in total. The molecule has 0 spiro atoms. The topological polar surface area (TPSA) is 96.2 Å². The van der Waals surface area contributed by atoms with E-state index in [4.69, 9.17) is 5.73 Å². The van der Waals surface area contributed by atoms with Crippen molar-refractivity contribution in [3.05, 3.63) is 59.2 Å². The summed E-state index contributed by atoms with van der Waals surface area (Å²) in [6.07, 6.45) is 1.94. The third-order valence-electron chi connectivity index (χ3n) is 4.37. The van der Waals surface area contributed by atoms with Gasteiger partial charge in [0.25, 0.3) is 5.91 Å². The smallest absolute Gasteiger partial charge is 0.316 e. The fourth-order valence-electron chi connectivity index (χ4n) is 3.08. The predicted molar refractivity (Wildman–Crippen MR) is 98.8 cm³/mol. The van der Waals surface area contributed by atoms with E-state index < -0.39 is 6.03 Å². The Hall–Kier alpha value is -3.02. The first kappa shape index (κ1) is 16.8. The quantitative estimate of drug-likeness (QED) is 0.690. The fourth-order valence-corrected chi connectivity index (χ4v) is 3.08. The van der Waals surface area contributed by atoms with Crippen LogP contribution in [0.5, 0.6) is 0 Å². The Bertz CT molecular complexity index is 787. The molecular formula is C19H22N4O2. The maximum absolute atomic E-state index is 12.7. The molecule has 1 unspecified atom stereocenters. The minimum Gasteiger partial charge on any atom is -0.385 e. The highest BCUT2D eigenvalue weighted by molar-refractivity contribution is 5.97. The van der Waals surface area contributed by atoms with E-state index in [1.807, 2.05) is 37.3 Å². The third kappa shape index (κ3) is 3.91. The van der Waals surface area contributed by atoms with E-state index in [2.05, 4.69) is 16.0 Å². The maximum atomic E-state index is 12.7. The minimum atomic E-state index is -0.600. The van der Waals surface area contributed by atoms with Crippen molar-refractivity contribution in [2.75, 3.05) is 17.2 Å². The molecule has 1 atom stereocenters. The van der Waals surface area contributed by atoms with Crippen molar-refractivity contribution in [3.8, 4) is 0 Å². The Morgan fingerprint density at radius 1 is 1.16 bits per heavy atom. The van der Waals surface area contributed by atoms with E-state index in [9.17, 15) is 9.59 Å². The van der Waals surface area contributed by atoms with E-state index in [0.717, 1.165) is 41.8 Å². The van der Waals surface area contributed by atoms with Crippen molar-refractivity contribution < 1.29 is 9.59 Å². The van der Waals surface area contributed by atoms with Crippen molar-refractivity contribution >= 4 is 23.3 Å². The first-order chi connectivity index (χ1) is 12.0. The lowest BCUT2D eigenvalue weighted by Gasteiger charge is -2.22. The average Bonchev–Trinajstić information content (AvgIpc) is 2.61. The number of urea groups is 1. The molecule has 0 saturated heterocycles. The summed E-state index contributed by atoms with van der Waals surface area (Å²) in [6, 6.07) is 12.3. The second-order valence-electron chi connectivity index (χ2n) is 6.17. The number of benzene rings is 2. The lowest BCUT2D eigenvalue weighted by molar-refractivity contribution is 0.0939. The zero-order chi connectivity index (χ0) is 17.8.